The monoisotopic (exact) mass is 254 g/mol. The van der Waals surface area contributed by atoms with Crippen molar-refractivity contribution in [3.63, 3.8) is 0 Å². The second kappa shape index (κ2) is 5.38. The number of rotatable bonds is 3. The summed E-state index contributed by atoms with van der Waals surface area (Å²) >= 11 is 0. The summed E-state index contributed by atoms with van der Waals surface area (Å²) in [4.78, 5) is 2.40. The molecule has 2 rings (SSSR count). The first-order valence-corrected chi connectivity index (χ1v) is 6.01. The fraction of sp³-hybridized carbons (Fsp3) is 0.571. The van der Waals surface area contributed by atoms with Crippen LogP contribution in [-0.4, -0.2) is 30.1 Å². The minimum atomic E-state index is -0.108. The van der Waals surface area contributed by atoms with Gasteiger partial charge in [-0.25, -0.2) is 0 Å². The summed E-state index contributed by atoms with van der Waals surface area (Å²) in [7, 11) is 2.19. The molecule has 0 saturated heterocycles. The standard InChI is InChI=1S/C14H22N2.ClH/c1-14(2,15)10-16(3)13-8-11-6-4-5-7-12(11)9-13;/h4-7,13H,8-10,15H2,1-3H3;1H. The summed E-state index contributed by atoms with van der Waals surface area (Å²) in [6, 6.07) is 9.38. The zero-order chi connectivity index (χ0) is 11.8. The van der Waals surface area contributed by atoms with Crippen LogP contribution >= 0.6 is 12.4 Å². The maximum absolute atomic E-state index is 6.07. The molecule has 1 aliphatic carbocycles. The van der Waals surface area contributed by atoms with E-state index in [1.807, 2.05) is 0 Å². The van der Waals surface area contributed by atoms with Gasteiger partial charge in [-0.2, -0.15) is 0 Å². The van der Waals surface area contributed by atoms with Crippen molar-refractivity contribution in [1.82, 2.24) is 4.90 Å². The summed E-state index contributed by atoms with van der Waals surface area (Å²) in [5, 5.41) is 0. The zero-order valence-corrected chi connectivity index (χ0v) is 11.8. The number of likely N-dealkylation sites (N-methyl/N-ethyl adjacent to an activating group) is 1. The van der Waals surface area contributed by atoms with E-state index < -0.39 is 0 Å². The van der Waals surface area contributed by atoms with E-state index in [1.54, 1.807) is 0 Å². The van der Waals surface area contributed by atoms with E-state index in [1.165, 1.54) is 24.0 Å². The Morgan fingerprint density at radius 3 is 2.12 bits per heavy atom. The topological polar surface area (TPSA) is 29.3 Å². The molecule has 0 saturated carbocycles. The average molecular weight is 255 g/mol. The summed E-state index contributed by atoms with van der Waals surface area (Å²) in [6.45, 7) is 5.13. The molecule has 3 heteroatoms. The van der Waals surface area contributed by atoms with E-state index in [2.05, 4.69) is 50.1 Å². The molecule has 2 N–H and O–H groups in total. The lowest BCUT2D eigenvalue weighted by Crippen LogP contribution is -2.47. The first-order valence-electron chi connectivity index (χ1n) is 6.01. The van der Waals surface area contributed by atoms with Crippen LogP contribution < -0.4 is 5.73 Å². The largest absolute Gasteiger partial charge is 0.324 e. The number of nitrogens with zero attached hydrogens (tertiary/aromatic N) is 1. The molecule has 0 fully saturated rings. The van der Waals surface area contributed by atoms with Crippen LogP contribution in [0.15, 0.2) is 24.3 Å². The Labute approximate surface area is 111 Å². The molecule has 0 atom stereocenters. The van der Waals surface area contributed by atoms with E-state index in [9.17, 15) is 0 Å². The summed E-state index contributed by atoms with van der Waals surface area (Å²) in [5.74, 6) is 0. The smallest absolute Gasteiger partial charge is 0.0226 e. The quantitative estimate of drug-likeness (QED) is 0.897. The molecular formula is C14H23ClN2. The first-order chi connectivity index (χ1) is 7.46. The molecule has 2 nitrogen and oxygen atoms in total. The third-order valence-corrected chi connectivity index (χ3v) is 3.31. The van der Waals surface area contributed by atoms with Gasteiger partial charge in [-0.05, 0) is 44.9 Å². The Balaban J connectivity index is 0.00000144. The molecule has 1 aromatic carbocycles. The van der Waals surface area contributed by atoms with Crippen molar-refractivity contribution in [2.75, 3.05) is 13.6 Å². The van der Waals surface area contributed by atoms with E-state index >= 15 is 0 Å². The van der Waals surface area contributed by atoms with Gasteiger partial charge in [0.25, 0.3) is 0 Å². The number of hydrogen-bond donors (Lipinski definition) is 1. The number of halogens is 1. The molecule has 0 radical (unpaired) electrons. The SMILES string of the molecule is CN(CC(C)(C)N)C1Cc2ccccc2C1.Cl. The Morgan fingerprint density at radius 1 is 1.24 bits per heavy atom. The number of fused-ring (bicyclic) bond motifs is 1. The molecule has 0 spiro atoms. The summed E-state index contributed by atoms with van der Waals surface area (Å²) < 4.78 is 0. The van der Waals surface area contributed by atoms with Crippen LogP contribution in [0.2, 0.25) is 0 Å². The van der Waals surface area contributed by atoms with Crippen LogP contribution in [-0.2, 0) is 12.8 Å². The lowest BCUT2D eigenvalue weighted by atomic mass is 10.1. The van der Waals surface area contributed by atoms with Crippen LogP contribution in [0.1, 0.15) is 25.0 Å². The minimum Gasteiger partial charge on any atom is -0.324 e. The lowest BCUT2D eigenvalue weighted by Gasteiger charge is -2.31. The van der Waals surface area contributed by atoms with Gasteiger partial charge in [-0.3, -0.25) is 0 Å². The summed E-state index contributed by atoms with van der Waals surface area (Å²) in [6.07, 6.45) is 2.34. The molecule has 0 amide bonds. The average Bonchev–Trinajstić information content (AvgIpc) is 2.58. The van der Waals surface area contributed by atoms with Crippen molar-refractivity contribution < 1.29 is 0 Å². The highest BCUT2D eigenvalue weighted by Crippen LogP contribution is 2.25. The second-order valence-corrected chi connectivity index (χ2v) is 5.73. The predicted molar refractivity (Wildman–Crippen MR) is 75.8 cm³/mol. The van der Waals surface area contributed by atoms with E-state index in [4.69, 9.17) is 5.73 Å². The van der Waals surface area contributed by atoms with E-state index in [0.717, 1.165) is 6.54 Å². The van der Waals surface area contributed by atoms with Crippen molar-refractivity contribution in [2.24, 2.45) is 5.73 Å². The van der Waals surface area contributed by atoms with E-state index in [0.29, 0.717) is 6.04 Å². The Morgan fingerprint density at radius 2 is 1.71 bits per heavy atom. The second-order valence-electron chi connectivity index (χ2n) is 5.73. The fourth-order valence-electron chi connectivity index (χ4n) is 2.62. The van der Waals surface area contributed by atoms with Crippen molar-refractivity contribution in [2.45, 2.75) is 38.3 Å². The molecule has 96 valence electrons. The molecule has 0 aliphatic heterocycles. The van der Waals surface area contributed by atoms with Gasteiger partial charge >= 0.3 is 0 Å². The zero-order valence-electron chi connectivity index (χ0n) is 10.9. The Kier molecular flexibility index (Phi) is 4.59. The lowest BCUT2D eigenvalue weighted by molar-refractivity contribution is 0.207. The molecular weight excluding hydrogens is 232 g/mol. The number of benzene rings is 1. The molecule has 17 heavy (non-hydrogen) atoms. The fourth-order valence-corrected chi connectivity index (χ4v) is 2.62. The van der Waals surface area contributed by atoms with Crippen molar-refractivity contribution in [3.8, 4) is 0 Å². The number of hydrogen-bond acceptors (Lipinski definition) is 2. The van der Waals surface area contributed by atoms with Gasteiger partial charge in [0.2, 0.25) is 0 Å². The highest BCUT2D eigenvalue weighted by molar-refractivity contribution is 5.85. The third-order valence-electron chi connectivity index (χ3n) is 3.31. The summed E-state index contributed by atoms with van der Waals surface area (Å²) in [5.41, 5.74) is 8.98. The van der Waals surface area contributed by atoms with Crippen LogP contribution in [0.5, 0.6) is 0 Å². The van der Waals surface area contributed by atoms with Gasteiger partial charge in [-0.15, -0.1) is 12.4 Å². The van der Waals surface area contributed by atoms with Crippen molar-refractivity contribution in [1.29, 1.82) is 0 Å². The van der Waals surface area contributed by atoms with Gasteiger partial charge in [0.05, 0.1) is 0 Å². The van der Waals surface area contributed by atoms with Crippen LogP contribution in [0.3, 0.4) is 0 Å². The molecule has 0 bridgehead atoms. The van der Waals surface area contributed by atoms with Crippen molar-refractivity contribution >= 4 is 12.4 Å². The molecule has 0 unspecified atom stereocenters. The van der Waals surface area contributed by atoms with Gasteiger partial charge < -0.3 is 10.6 Å². The Bertz CT molecular complexity index is 346. The maximum atomic E-state index is 6.07. The normalized spacial score (nSPS) is 15.8. The predicted octanol–water partition coefficient (Wildman–Crippen LogP) is 2.24. The van der Waals surface area contributed by atoms with Gasteiger partial charge in [-0.1, -0.05) is 24.3 Å². The molecule has 1 aromatic rings. The molecule has 0 aromatic heterocycles. The number of nitrogens with two attached hydrogens (primary N) is 1. The molecule has 0 heterocycles. The first kappa shape index (κ1) is 14.5. The van der Waals surface area contributed by atoms with Gasteiger partial charge in [0.15, 0.2) is 0 Å². The van der Waals surface area contributed by atoms with Crippen molar-refractivity contribution in [3.05, 3.63) is 35.4 Å². The van der Waals surface area contributed by atoms with Crippen LogP contribution in [0.4, 0.5) is 0 Å². The van der Waals surface area contributed by atoms with Gasteiger partial charge in [0, 0.05) is 18.1 Å². The third kappa shape index (κ3) is 3.70. The Hall–Kier alpha value is -0.570. The molecule has 1 aliphatic rings. The van der Waals surface area contributed by atoms with E-state index in [-0.39, 0.29) is 17.9 Å². The van der Waals surface area contributed by atoms with Gasteiger partial charge in [0.1, 0.15) is 0 Å². The minimum absolute atomic E-state index is 0. The maximum Gasteiger partial charge on any atom is 0.0226 e. The highest BCUT2D eigenvalue weighted by Gasteiger charge is 2.26. The van der Waals surface area contributed by atoms with Crippen LogP contribution in [0, 0.1) is 0 Å². The van der Waals surface area contributed by atoms with Crippen LogP contribution in [0.25, 0.3) is 0 Å². The highest BCUT2D eigenvalue weighted by atomic mass is 35.5.